The summed E-state index contributed by atoms with van der Waals surface area (Å²) < 4.78 is 1.67. The van der Waals surface area contributed by atoms with Crippen LogP contribution in [0, 0.1) is 5.92 Å². The van der Waals surface area contributed by atoms with Gasteiger partial charge >= 0.3 is 0 Å². The van der Waals surface area contributed by atoms with E-state index in [9.17, 15) is 9.59 Å². The molecule has 6 heteroatoms. The number of amides is 2. The molecule has 0 spiro atoms. The lowest BCUT2D eigenvalue weighted by Crippen LogP contribution is -2.41. The van der Waals surface area contributed by atoms with Crippen molar-refractivity contribution in [2.45, 2.75) is 38.3 Å². The second kappa shape index (κ2) is 4.33. The Morgan fingerprint density at radius 1 is 1.30 bits per heavy atom. The number of nitrogens with zero attached hydrogens (tertiary/aromatic N) is 3. The van der Waals surface area contributed by atoms with Gasteiger partial charge in [0, 0.05) is 25.2 Å². The van der Waals surface area contributed by atoms with E-state index in [0.717, 1.165) is 19.4 Å². The highest BCUT2D eigenvalue weighted by Crippen LogP contribution is 2.30. The number of hydrogen-bond acceptors (Lipinski definition) is 3. The predicted octanol–water partition coefficient (Wildman–Crippen LogP) is 0.641. The number of hydrogen-bond donors (Lipinski definition) is 1. The first-order chi connectivity index (χ1) is 9.70. The van der Waals surface area contributed by atoms with E-state index in [4.69, 9.17) is 0 Å². The number of rotatable bonds is 4. The highest BCUT2D eigenvalue weighted by Gasteiger charge is 2.33. The Kier molecular flexibility index (Phi) is 2.58. The number of aromatic nitrogens is 2. The normalized spacial score (nSPS) is 21.8. The van der Waals surface area contributed by atoms with Gasteiger partial charge in [0.2, 0.25) is 0 Å². The Hall–Kier alpha value is -1.85. The average Bonchev–Trinajstić information content (AvgIpc) is 3.34. The van der Waals surface area contributed by atoms with E-state index in [0.29, 0.717) is 36.4 Å². The lowest BCUT2D eigenvalue weighted by Gasteiger charge is -2.27. The van der Waals surface area contributed by atoms with Crippen LogP contribution in [0.25, 0.3) is 0 Å². The van der Waals surface area contributed by atoms with Crippen LogP contribution in [0.3, 0.4) is 0 Å². The van der Waals surface area contributed by atoms with Crippen molar-refractivity contribution in [2.24, 2.45) is 5.92 Å². The van der Waals surface area contributed by atoms with Crippen LogP contribution in [0.2, 0.25) is 0 Å². The number of nitrogens with one attached hydrogen (secondary N) is 1. The van der Waals surface area contributed by atoms with Crippen LogP contribution >= 0.6 is 0 Å². The summed E-state index contributed by atoms with van der Waals surface area (Å²) in [4.78, 5) is 26.3. The highest BCUT2D eigenvalue weighted by atomic mass is 16.2. The molecule has 0 unspecified atom stereocenters. The van der Waals surface area contributed by atoms with Crippen LogP contribution in [0.5, 0.6) is 0 Å². The second-order valence-electron chi connectivity index (χ2n) is 6.08. The fourth-order valence-corrected chi connectivity index (χ4v) is 2.62. The van der Waals surface area contributed by atoms with E-state index in [1.54, 1.807) is 10.7 Å². The number of carbonyl (C=O) groups excluding carboxylic acids is 2. The number of fused-ring (bicyclic) bond motifs is 1. The Balaban J connectivity index is 1.52. The first-order valence-electron chi connectivity index (χ1n) is 7.39. The average molecular weight is 274 g/mol. The highest BCUT2D eigenvalue weighted by molar-refractivity contribution is 5.98. The van der Waals surface area contributed by atoms with Crippen LogP contribution in [-0.4, -0.2) is 45.6 Å². The van der Waals surface area contributed by atoms with Crippen LogP contribution in [0.1, 0.15) is 46.7 Å². The zero-order valence-electron chi connectivity index (χ0n) is 11.3. The van der Waals surface area contributed by atoms with Gasteiger partial charge in [0.25, 0.3) is 11.8 Å². The number of carbonyl (C=O) groups is 2. The van der Waals surface area contributed by atoms with Gasteiger partial charge in [-0.15, -0.1) is 0 Å². The molecule has 1 aromatic heterocycles. The largest absolute Gasteiger partial charge is 0.348 e. The van der Waals surface area contributed by atoms with E-state index in [1.165, 1.54) is 12.8 Å². The van der Waals surface area contributed by atoms with Crippen LogP contribution in [0.4, 0.5) is 0 Å². The Morgan fingerprint density at radius 3 is 2.80 bits per heavy atom. The van der Waals surface area contributed by atoms with Gasteiger partial charge in [-0.25, -0.2) is 0 Å². The summed E-state index contributed by atoms with van der Waals surface area (Å²) in [5, 5.41) is 7.18. The van der Waals surface area contributed by atoms with Crippen molar-refractivity contribution in [2.75, 3.05) is 13.1 Å². The molecule has 4 rings (SSSR count). The summed E-state index contributed by atoms with van der Waals surface area (Å²) >= 11 is 0. The first-order valence-corrected chi connectivity index (χ1v) is 7.39. The maximum Gasteiger partial charge on any atom is 0.272 e. The van der Waals surface area contributed by atoms with E-state index in [1.807, 2.05) is 4.90 Å². The van der Waals surface area contributed by atoms with Gasteiger partial charge in [0.15, 0.2) is 5.69 Å². The zero-order chi connectivity index (χ0) is 13.7. The van der Waals surface area contributed by atoms with E-state index in [-0.39, 0.29) is 11.8 Å². The molecule has 0 saturated heterocycles. The van der Waals surface area contributed by atoms with Crippen LogP contribution in [-0.2, 0) is 6.54 Å². The monoisotopic (exact) mass is 274 g/mol. The molecule has 2 amide bonds. The molecule has 1 N–H and O–H groups in total. The third kappa shape index (κ3) is 2.19. The summed E-state index contributed by atoms with van der Waals surface area (Å²) in [5.41, 5.74) is 0.923. The topological polar surface area (TPSA) is 67.2 Å². The standard InChI is InChI=1S/C14H18N4O2/c19-13(15-10-3-4-10)11-7-12-14(20)17(8-9-1-2-9)5-6-18(12)16-11/h7,9-10H,1-6,8H2,(H,15,19). The molecule has 2 heterocycles. The van der Waals surface area contributed by atoms with E-state index < -0.39 is 0 Å². The Bertz CT molecular complexity index is 572. The van der Waals surface area contributed by atoms with Gasteiger partial charge in [0.1, 0.15) is 5.69 Å². The molecular formula is C14H18N4O2. The van der Waals surface area contributed by atoms with E-state index >= 15 is 0 Å². The molecule has 6 nitrogen and oxygen atoms in total. The molecule has 0 bridgehead atoms. The molecule has 1 aliphatic heterocycles. The van der Waals surface area contributed by atoms with Crippen molar-refractivity contribution >= 4 is 11.8 Å². The molecule has 2 fully saturated rings. The molecule has 0 atom stereocenters. The van der Waals surface area contributed by atoms with Crippen molar-refractivity contribution in [1.82, 2.24) is 20.0 Å². The summed E-state index contributed by atoms with van der Waals surface area (Å²) in [7, 11) is 0. The smallest absolute Gasteiger partial charge is 0.272 e. The molecule has 3 aliphatic rings. The maximum absolute atomic E-state index is 12.4. The summed E-state index contributed by atoms with van der Waals surface area (Å²) in [6, 6.07) is 1.95. The van der Waals surface area contributed by atoms with Crippen molar-refractivity contribution in [3.8, 4) is 0 Å². The third-order valence-corrected chi connectivity index (χ3v) is 4.19. The Morgan fingerprint density at radius 2 is 2.10 bits per heavy atom. The Labute approximate surface area is 117 Å². The minimum atomic E-state index is -0.157. The summed E-state index contributed by atoms with van der Waals surface area (Å²) in [6.45, 7) is 2.24. The van der Waals surface area contributed by atoms with Gasteiger partial charge in [-0.1, -0.05) is 0 Å². The molecule has 1 aromatic rings. The van der Waals surface area contributed by atoms with Gasteiger partial charge in [-0.3, -0.25) is 14.3 Å². The van der Waals surface area contributed by atoms with Gasteiger partial charge in [-0.2, -0.15) is 5.10 Å². The van der Waals surface area contributed by atoms with Crippen LogP contribution < -0.4 is 5.32 Å². The molecule has 2 saturated carbocycles. The van der Waals surface area contributed by atoms with Crippen molar-refractivity contribution in [3.63, 3.8) is 0 Å². The minimum Gasteiger partial charge on any atom is -0.348 e. The maximum atomic E-state index is 12.4. The lowest BCUT2D eigenvalue weighted by molar-refractivity contribution is 0.0688. The van der Waals surface area contributed by atoms with Crippen molar-refractivity contribution in [1.29, 1.82) is 0 Å². The quantitative estimate of drug-likeness (QED) is 0.876. The lowest BCUT2D eigenvalue weighted by atomic mass is 10.2. The zero-order valence-corrected chi connectivity index (χ0v) is 11.3. The fraction of sp³-hybridized carbons (Fsp3) is 0.643. The van der Waals surface area contributed by atoms with Gasteiger partial charge in [-0.05, 0) is 31.6 Å². The summed E-state index contributed by atoms with van der Waals surface area (Å²) in [5.74, 6) is 0.545. The third-order valence-electron chi connectivity index (χ3n) is 4.19. The predicted molar refractivity (Wildman–Crippen MR) is 71.3 cm³/mol. The minimum absolute atomic E-state index is 0.0149. The van der Waals surface area contributed by atoms with Gasteiger partial charge < -0.3 is 10.2 Å². The van der Waals surface area contributed by atoms with E-state index in [2.05, 4.69) is 10.4 Å². The first kappa shape index (κ1) is 11.9. The van der Waals surface area contributed by atoms with Gasteiger partial charge in [0.05, 0.1) is 6.54 Å². The van der Waals surface area contributed by atoms with Crippen molar-refractivity contribution < 1.29 is 9.59 Å². The molecule has 20 heavy (non-hydrogen) atoms. The molecule has 106 valence electrons. The molecule has 0 radical (unpaired) electrons. The molecule has 2 aliphatic carbocycles. The van der Waals surface area contributed by atoms with Crippen molar-refractivity contribution in [3.05, 3.63) is 17.5 Å². The summed E-state index contributed by atoms with van der Waals surface area (Å²) in [6.07, 6.45) is 4.57. The fourth-order valence-electron chi connectivity index (χ4n) is 2.62. The molecule has 0 aromatic carbocycles. The van der Waals surface area contributed by atoms with Crippen LogP contribution in [0.15, 0.2) is 6.07 Å². The SMILES string of the molecule is O=C(NC1CC1)c1cc2n(n1)CCN(CC1CC1)C2=O. The molecular weight excluding hydrogens is 256 g/mol. The second-order valence-corrected chi connectivity index (χ2v) is 6.08.